The summed E-state index contributed by atoms with van der Waals surface area (Å²) in [6.45, 7) is 4.23. The molecular weight excluding hydrogens is 254 g/mol. The molecule has 0 radical (unpaired) electrons. The number of carbonyl (C=O) groups is 1. The van der Waals surface area contributed by atoms with Gasteiger partial charge in [0.25, 0.3) is 5.91 Å². The molecule has 0 saturated carbocycles. The maximum atomic E-state index is 12.6. The van der Waals surface area contributed by atoms with Crippen LogP contribution in [0.2, 0.25) is 0 Å². The molecule has 20 heavy (non-hydrogen) atoms. The number of imidazole rings is 1. The predicted molar refractivity (Wildman–Crippen MR) is 75.5 cm³/mol. The van der Waals surface area contributed by atoms with Crippen molar-refractivity contribution in [1.29, 1.82) is 0 Å². The van der Waals surface area contributed by atoms with E-state index in [0.717, 1.165) is 18.5 Å². The number of fused-ring (bicyclic) bond motifs is 1. The van der Waals surface area contributed by atoms with Crippen molar-refractivity contribution in [2.24, 2.45) is 0 Å². The topological polar surface area (TPSA) is 57.8 Å². The molecule has 1 N–H and O–H groups in total. The van der Waals surface area contributed by atoms with Gasteiger partial charge in [0, 0.05) is 30.7 Å². The van der Waals surface area contributed by atoms with Crippen LogP contribution < -0.4 is 0 Å². The molecule has 2 aromatic heterocycles. The fourth-order valence-electron chi connectivity index (χ4n) is 2.95. The van der Waals surface area contributed by atoms with Gasteiger partial charge < -0.3 is 14.4 Å². The van der Waals surface area contributed by atoms with Gasteiger partial charge in [-0.25, -0.2) is 4.98 Å². The number of aliphatic hydroxyl groups is 1. The standard InChI is InChI=1S/C15H19N3O2/c1-15(2,20)12-4-3-7-18(12)14(19)11-5-8-17-9-6-16-13(17)10-11/h5-6,8-10,12,20H,3-4,7H2,1-2H3. The third-order valence-corrected chi connectivity index (χ3v) is 3.97. The van der Waals surface area contributed by atoms with Gasteiger partial charge in [-0.2, -0.15) is 0 Å². The molecule has 5 nitrogen and oxygen atoms in total. The SMILES string of the molecule is CC(C)(O)C1CCCN1C(=O)c1ccn2ccnc2c1. The Morgan fingerprint density at radius 3 is 3.00 bits per heavy atom. The minimum Gasteiger partial charge on any atom is -0.388 e. The summed E-state index contributed by atoms with van der Waals surface area (Å²) in [5.41, 5.74) is 0.513. The van der Waals surface area contributed by atoms with E-state index in [4.69, 9.17) is 0 Å². The molecule has 106 valence electrons. The monoisotopic (exact) mass is 273 g/mol. The van der Waals surface area contributed by atoms with Crippen LogP contribution in [0.1, 0.15) is 37.0 Å². The van der Waals surface area contributed by atoms with Crippen LogP contribution in [-0.4, -0.2) is 43.5 Å². The highest BCUT2D eigenvalue weighted by molar-refractivity contribution is 5.95. The van der Waals surface area contributed by atoms with Crippen LogP contribution in [0.4, 0.5) is 0 Å². The quantitative estimate of drug-likeness (QED) is 0.906. The molecule has 0 aliphatic carbocycles. The first-order valence-corrected chi connectivity index (χ1v) is 6.93. The molecule has 1 aliphatic heterocycles. The summed E-state index contributed by atoms with van der Waals surface area (Å²) < 4.78 is 1.87. The zero-order valence-electron chi connectivity index (χ0n) is 11.8. The summed E-state index contributed by atoms with van der Waals surface area (Å²) in [4.78, 5) is 18.6. The van der Waals surface area contributed by atoms with Crippen molar-refractivity contribution in [3.63, 3.8) is 0 Å². The summed E-state index contributed by atoms with van der Waals surface area (Å²) in [7, 11) is 0. The number of rotatable bonds is 2. The van der Waals surface area contributed by atoms with Gasteiger partial charge in [-0.05, 0) is 38.8 Å². The minimum atomic E-state index is -0.871. The molecule has 1 saturated heterocycles. The molecule has 2 aromatic rings. The van der Waals surface area contributed by atoms with Crippen LogP contribution in [0.5, 0.6) is 0 Å². The lowest BCUT2D eigenvalue weighted by molar-refractivity contribution is 0.000338. The third kappa shape index (κ3) is 2.18. The molecule has 1 atom stereocenters. The second-order valence-corrected chi connectivity index (χ2v) is 5.92. The van der Waals surface area contributed by atoms with E-state index in [1.807, 2.05) is 16.8 Å². The van der Waals surface area contributed by atoms with Crippen LogP contribution in [0.3, 0.4) is 0 Å². The molecule has 5 heteroatoms. The van der Waals surface area contributed by atoms with Crippen LogP contribution in [0, 0.1) is 0 Å². The van der Waals surface area contributed by atoms with Crippen LogP contribution in [0.15, 0.2) is 30.7 Å². The predicted octanol–water partition coefficient (Wildman–Crippen LogP) is 1.71. The molecule has 0 spiro atoms. The number of aromatic nitrogens is 2. The van der Waals surface area contributed by atoms with E-state index in [0.29, 0.717) is 12.1 Å². The van der Waals surface area contributed by atoms with Gasteiger partial charge in [-0.3, -0.25) is 4.79 Å². The molecule has 1 unspecified atom stereocenters. The Hall–Kier alpha value is -1.88. The lowest BCUT2D eigenvalue weighted by atomic mass is 9.96. The molecule has 0 aromatic carbocycles. The Morgan fingerprint density at radius 2 is 2.25 bits per heavy atom. The van der Waals surface area contributed by atoms with Gasteiger partial charge in [0.15, 0.2) is 0 Å². The average Bonchev–Trinajstić information content (AvgIpc) is 3.05. The van der Waals surface area contributed by atoms with Crippen LogP contribution >= 0.6 is 0 Å². The summed E-state index contributed by atoms with van der Waals surface area (Å²) in [6, 6.07) is 3.48. The summed E-state index contributed by atoms with van der Waals surface area (Å²) >= 11 is 0. The Balaban J connectivity index is 1.91. The number of hydrogen-bond donors (Lipinski definition) is 1. The first-order chi connectivity index (χ1) is 9.47. The van der Waals surface area contributed by atoms with Crippen molar-refractivity contribution in [2.75, 3.05) is 6.54 Å². The van der Waals surface area contributed by atoms with E-state index < -0.39 is 5.60 Å². The van der Waals surface area contributed by atoms with Crippen molar-refractivity contribution in [3.8, 4) is 0 Å². The number of nitrogens with zero attached hydrogens (tertiary/aromatic N) is 3. The van der Waals surface area contributed by atoms with Crippen molar-refractivity contribution in [1.82, 2.24) is 14.3 Å². The molecule has 1 amide bonds. The fourth-order valence-corrected chi connectivity index (χ4v) is 2.95. The van der Waals surface area contributed by atoms with Gasteiger partial charge in [-0.1, -0.05) is 0 Å². The van der Waals surface area contributed by atoms with Crippen molar-refractivity contribution in [3.05, 3.63) is 36.3 Å². The zero-order chi connectivity index (χ0) is 14.3. The number of carbonyl (C=O) groups excluding carboxylic acids is 1. The van der Waals surface area contributed by atoms with E-state index in [2.05, 4.69) is 4.98 Å². The van der Waals surface area contributed by atoms with E-state index in [9.17, 15) is 9.90 Å². The Labute approximate surface area is 117 Å². The molecule has 1 aliphatic rings. The van der Waals surface area contributed by atoms with Gasteiger partial charge in [-0.15, -0.1) is 0 Å². The van der Waals surface area contributed by atoms with E-state index in [1.54, 1.807) is 37.1 Å². The highest BCUT2D eigenvalue weighted by Crippen LogP contribution is 2.28. The summed E-state index contributed by atoms with van der Waals surface area (Å²) in [5, 5.41) is 10.2. The first kappa shape index (κ1) is 13.1. The lowest BCUT2D eigenvalue weighted by Crippen LogP contribution is -2.48. The van der Waals surface area contributed by atoms with E-state index >= 15 is 0 Å². The molecule has 0 bridgehead atoms. The highest BCUT2D eigenvalue weighted by Gasteiger charge is 2.38. The molecular formula is C15H19N3O2. The van der Waals surface area contributed by atoms with Gasteiger partial charge in [0.2, 0.25) is 0 Å². The third-order valence-electron chi connectivity index (χ3n) is 3.97. The first-order valence-electron chi connectivity index (χ1n) is 6.93. The largest absolute Gasteiger partial charge is 0.388 e. The van der Waals surface area contributed by atoms with Crippen molar-refractivity contribution in [2.45, 2.75) is 38.3 Å². The molecule has 1 fully saturated rings. The van der Waals surface area contributed by atoms with Gasteiger partial charge in [0.05, 0.1) is 11.6 Å². The Kier molecular flexibility index (Phi) is 3.01. The van der Waals surface area contributed by atoms with Gasteiger partial charge >= 0.3 is 0 Å². The molecule has 3 rings (SSSR count). The normalized spacial score (nSPS) is 19.8. The average molecular weight is 273 g/mol. The maximum Gasteiger partial charge on any atom is 0.254 e. The van der Waals surface area contributed by atoms with Crippen molar-refractivity contribution < 1.29 is 9.90 Å². The molecule has 3 heterocycles. The number of likely N-dealkylation sites (tertiary alicyclic amines) is 1. The Morgan fingerprint density at radius 1 is 1.45 bits per heavy atom. The maximum absolute atomic E-state index is 12.6. The second-order valence-electron chi connectivity index (χ2n) is 5.92. The fraction of sp³-hybridized carbons (Fsp3) is 0.467. The summed E-state index contributed by atoms with van der Waals surface area (Å²) in [5.74, 6) is -0.0277. The Bertz CT molecular complexity index is 642. The highest BCUT2D eigenvalue weighted by atomic mass is 16.3. The van der Waals surface area contributed by atoms with Crippen molar-refractivity contribution >= 4 is 11.6 Å². The minimum absolute atomic E-state index is 0.0277. The van der Waals surface area contributed by atoms with Crippen LogP contribution in [-0.2, 0) is 0 Å². The zero-order valence-corrected chi connectivity index (χ0v) is 11.8. The van der Waals surface area contributed by atoms with E-state index in [-0.39, 0.29) is 11.9 Å². The van der Waals surface area contributed by atoms with Crippen LogP contribution in [0.25, 0.3) is 5.65 Å². The van der Waals surface area contributed by atoms with Gasteiger partial charge in [0.1, 0.15) is 5.65 Å². The number of amides is 1. The second kappa shape index (κ2) is 4.59. The van der Waals surface area contributed by atoms with E-state index in [1.165, 1.54) is 0 Å². The number of hydrogen-bond acceptors (Lipinski definition) is 3. The lowest BCUT2D eigenvalue weighted by Gasteiger charge is -2.33. The number of pyridine rings is 1. The smallest absolute Gasteiger partial charge is 0.254 e. The summed E-state index contributed by atoms with van der Waals surface area (Å²) in [6.07, 6.45) is 7.18.